The van der Waals surface area contributed by atoms with Crippen molar-refractivity contribution in [3.8, 4) is 44.9 Å². The van der Waals surface area contributed by atoms with Gasteiger partial charge in [-0.2, -0.15) is 0 Å². The highest BCUT2D eigenvalue weighted by atomic mass is 32.1. The normalized spacial score (nSPS) is 17.9. The molecule has 16 rings (SSSR count). The zero-order valence-corrected chi connectivity index (χ0v) is 40.3. The Morgan fingerprint density at radius 2 is 1.11 bits per heavy atom. The number of anilines is 3. The number of thiophene rings is 1. The Morgan fingerprint density at radius 1 is 0.458 bits per heavy atom. The molecule has 2 saturated carbocycles. The van der Waals surface area contributed by atoms with Gasteiger partial charge in [0.05, 0.1) is 11.1 Å². The van der Waals surface area contributed by atoms with Crippen LogP contribution in [0.3, 0.4) is 0 Å². The maximum atomic E-state index is 7.52. The van der Waals surface area contributed by atoms with Gasteiger partial charge in [-0.15, -0.1) is 11.3 Å². The highest BCUT2D eigenvalue weighted by molar-refractivity contribution is 7.25. The lowest BCUT2D eigenvalue weighted by molar-refractivity contribution is 0.420. The van der Waals surface area contributed by atoms with Crippen LogP contribution in [0, 0.1) is 11.8 Å². The molecule has 3 atom stereocenters. The van der Waals surface area contributed by atoms with E-state index >= 15 is 0 Å². The summed E-state index contributed by atoms with van der Waals surface area (Å²) in [4.78, 5) is 2.46. The second-order valence-electron chi connectivity index (χ2n) is 20.7. The fraction of sp³-hybridized carbons (Fsp3) is 0.118. The number of para-hydroxylation sites is 2. The molecule has 0 saturated heterocycles. The third-order valence-corrected chi connectivity index (χ3v) is 18.2. The van der Waals surface area contributed by atoms with Gasteiger partial charge in [0.2, 0.25) is 0 Å². The number of furan rings is 1. The Bertz CT molecular complexity index is 4140. The lowest BCUT2D eigenvalue weighted by Crippen LogP contribution is -2.32. The van der Waals surface area contributed by atoms with Gasteiger partial charge >= 0.3 is 0 Å². The fourth-order valence-electron chi connectivity index (χ4n) is 13.9. The van der Waals surface area contributed by atoms with E-state index in [1.807, 2.05) is 11.3 Å². The van der Waals surface area contributed by atoms with E-state index in [-0.39, 0.29) is 0 Å². The first-order valence-electron chi connectivity index (χ1n) is 25.6. The quantitative estimate of drug-likeness (QED) is 0.166. The van der Waals surface area contributed by atoms with E-state index < -0.39 is 5.41 Å². The van der Waals surface area contributed by atoms with Gasteiger partial charge in [0.15, 0.2) is 0 Å². The molecule has 2 aromatic heterocycles. The number of ether oxygens (including phenoxy) is 1. The number of nitrogens with zero attached hydrogens (tertiary/aromatic N) is 1. The van der Waals surface area contributed by atoms with Crippen molar-refractivity contribution >= 4 is 70.5 Å². The van der Waals surface area contributed by atoms with Gasteiger partial charge in [0.25, 0.3) is 0 Å². The summed E-state index contributed by atoms with van der Waals surface area (Å²) in [7, 11) is 0. The maximum absolute atomic E-state index is 7.52. The van der Waals surface area contributed by atoms with E-state index in [0.717, 1.165) is 84.6 Å². The molecule has 72 heavy (non-hydrogen) atoms. The van der Waals surface area contributed by atoms with Gasteiger partial charge in [0.1, 0.15) is 22.7 Å². The third kappa shape index (κ3) is 5.78. The molecule has 2 unspecified atom stereocenters. The van der Waals surface area contributed by atoms with Crippen LogP contribution in [-0.4, -0.2) is 0 Å². The topological polar surface area (TPSA) is 25.6 Å². The second kappa shape index (κ2) is 15.4. The Labute approximate surface area is 422 Å². The van der Waals surface area contributed by atoms with E-state index in [9.17, 15) is 0 Å². The molecule has 3 nitrogen and oxygen atoms in total. The molecule has 4 aliphatic rings. The van der Waals surface area contributed by atoms with E-state index in [0.29, 0.717) is 5.92 Å². The summed E-state index contributed by atoms with van der Waals surface area (Å²) in [5.74, 6) is 4.10. The Morgan fingerprint density at radius 3 is 1.90 bits per heavy atom. The number of hydrogen-bond donors (Lipinski definition) is 0. The Kier molecular flexibility index (Phi) is 8.68. The summed E-state index contributed by atoms with van der Waals surface area (Å²) in [5, 5.41) is 4.87. The van der Waals surface area contributed by atoms with Gasteiger partial charge in [-0.25, -0.2) is 0 Å². The molecule has 1 aliphatic heterocycles. The van der Waals surface area contributed by atoms with Crippen molar-refractivity contribution in [1.82, 2.24) is 0 Å². The van der Waals surface area contributed by atoms with E-state index in [4.69, 9.17) is 9.15 Å². The number of fused-ring (bicyclic) bond motifs is 17. The van der Waals surface area contributed by atoms with Crippen LogP contribution < -0.4 is 9.64 Å². The maximum Gasteiger partial charge on any atom is 0.142 e. The minimum Gasteiger partial charge on any atom is -0.456 e. The van der Waals surface area contributed by atoms with Crippen LogP contribution in [0.5, 0.6) is 11.5 Å². The van der Waals surface area contributed by atoms with Gasteiger partial charge in [0, 0.05) is 65.1 Å². The van der Waals surface area contributed by atoms with Crippen molar-refractivity contribution in [1.29, 1.82) is 0 Å². The van der Waals surface area contributed by atoms with Crippen LogP contribution in [0.2, 0.25) is 0 Å². The van der Waals surface area contributed by atoms with Crippen LogP contribution in [0.25, 0.3) is 75.5 Å². The predicted molar refractivity (Wildman–Crippen MR) is 298 cm³/mol. The minimum absolute atomic E-state index is 0.627. The summed E-state index contributed by atoms with van der Waals surface area (Å²) in [6, 6.07) is 80.9. The second-order valence-corrected chi connectivity index (χ2v) is 21.7. The average Bonchev–Trinajstić information content (AvgIpc) is 4.29. The summed E-state index contributed by atoms with van der Waals surface area (Å²) >= 11 is 1.90. The highest BCUT2D eigenvalue weighted by Gasteiger charge is 2.52. The Balaban J connectivity index is 0.981. The number of rotatable bonds is 6. The lowest BCUT2D eigenvalue weighted by atomic mass is 9.65. The van der Waals surface area contributed by atoms with Gasteiger partial charge in [-0.05, 0) is 142 Å². The summed E-state index contributed by atoms with van der Waals surface area (Å²) < 4.78 is 16.9. The molecule has 0 amide bonds. The highest BCUT2D eigenvalue weighted by Crippen LogP contribution is 2.65. The fourth-order valence-corrected chi connectivity index (χ4v) is 15.0. The van der Waals surface area contributed by atoms with Crippen molar-refractivity contribution in [2.24, 2.45) is 11.8 Å². The van der Waals surface area contributed by atoms with Crippen molar-refractivity contribution in [3.05, 3.63) is 246 Å². The first-order chi connectivity index (χ1) is 35.7. The number of hydrogen-bond acceptors (Lipinski definition) is 4. The molecule has 10 aromatic carbocycles. The van der Waals surface area contributed by atoms with Crippen molar-refractivity contribution in [3.63, 3.8) is 0 Å². The first kappa shape index (κ1) is 40.5. The molecule has 2 bridgehead atoms. The zero-order chi connectivity index (χ0) is 47.1. The third-order valence-electron chi connectivity index (χ3n) is 17.0. The molecule has 4 heteroatoms. The van der Waals surface area contributed by atoms with Crippen molar-refractivity contribution < 1.29 is 9.15 Å². The number of benzene rings is 10. The van der Waals surface area contributed by atoms with E-state index in [1.165, 1.54) is 84.8 Å². The van der Waals surface area contributed by atoms with Gasteiger partial charge in [-0.3, -0.25) is 0 Å². The SMILES string of the molecule is c1ccc(-c2ccc(-c3c(N(c4ccc5c(c4)oc4ccccc45)c4ccc5sc6ccc(C7CC8CC[C@H]7C8)cc6c5c4)ccc4c3Oc3ccccc3C43c4ccccc4-c4ccccc43)cc2)cc1. The molecular weight excluding hydrogens is 895 g/mol. The smallest absolute Gasteiger partial charge is 0.142 e. The van der Waals surface area contributed by atoms with Crippen LogP contribution in [0.1, 0.15) is 59.4 Å². The lowest BCUT2D eigenvalue weighted by Gasteiger charge is -2.41. The first-order valence-corrected chi connectivity index (χ1v) is 26.4. The molecule has 342 valence electrons. The summed E-state index contributed by atoms with van der Waals surface area (Å²) in [6.07, 6.45) is 5.51. The van der Waals surface area contributed by atoms with E-state index in [2.05, 4.69) is 223 Å². The van der Waals surface area contributed by atoms with Gasteiger partial charge < -0.3 is 14.1 Å². The molecule has 1 spiro atoms. The molecule has 3 heterocycles. The predicted octanol–water partition coefficient (Wildman–Crippen LogP) is 19.1. The van der Waals surface area contributed by atoms with Crippen LogP contribution in [0.4, 0.5) is 17.1 Å². The van der Waals surface area contributed by atoms with Crippen LogP contribution in [-0.2, 0) is 5.41 Å². The van der Waals surface area contributed by atoms with Crippen LogP contribution in [0.15, 0.2) is 223 Å². The van der Waals surface area contributed by atoms with E-state index in [1.54, 1.807) is 0 Å². The molecular formula is C68H47NO2S. The van der Waals surface area contributed by atoms with Crippen molar-refractivity contribution in [2.45, 2.75) is 37.0 Å². The summed E-state index contributed by atoms with van der Waals surface area (Å²) in [6.45, 7) is 0. The zero-order valence-electron chi connectivity index (χ0n) is 39.5. The molecule has 12 aromatic rings. The Hall–Kier alpha value is -8.18. The monoisotopic (exact) mass is 941 g/mol. The minimum atomic E-state index is -0.627. The summed E-state index contributed by atoms with van der Waals surface area (Å²) in [5.41, 5.74) is 17.5. The largest absolute Gasteiger partial charge is 0.456 e. The average molecular weight is 942 g/mol. The van der Waals surface area contributed by atoms with Crippen LogP contribution >= 0.6 is 11.3 Å². The van der Waals surface area contributed by atoms with Gasteiger partial charge in [-0.1, -0.05) is 158 Å². The van der Waals surface area contributed by atoms with Crippen molar-refractivity contribution in [2.75, 3.05) is 4.90 Å². The standard InChI is InChI=1S/C68H47NO2S/c1-2-12-42(13-3-1)43-24-26-44(27-25-43)66-60(33-32-59-67(66)71-62-21-11-9-19-58(62)68(59)56-17-7-4-14-49(56)50-15-5-8-18-57(50)68)69(48-29-31-52-51-16-6-10-20-61(51)70-63(52)40-48)47-30-35-65-55(39-47)54-38-46(28-34-64(54)72-65)53-37-41-22-23-45(53)36-41/h1-21,24-35,38-41,45,53H,22-23,36-37H2/t41?,45-,53?/m0/s1. The molecule has 3 aliphatic carbocycles. The molecule has 0 radical (unpaired) electrons. The molecule has 2 fully saturated rings. The molecule has 0 N–H and O–H groups in total.